The van der Waals surface area contributed by atoms with Gasteiger partial charge in [0.05, 0.1) is 5.25 Å². The van der Waals surface area contributed by atoms with Crippen LogP contribution in [0.15, 0.2) is 35.5 Å². The van der Waals surface area contributed by atoms with Crippen molar-refractivity contribution in [3.8, 4) is 0 Å². The highest BCUT2D eigenvalue weighted by atomic mass is 32.2. The Morgan fingerprint density at radius 2 is 1.96 bits per heavy atom. The molecule has 0 bridgehead atoms. The molecule has 0 unspecified atom stereocenters. The van der Waals surface area contributed by atoms with Crippen LogP contribution in [0.4, 0.5) is 4.79 Å². The van der Waals surface area contributed by atoms with Crippen molar-refractivity contribution in [2.24, 2.45) is 7.05 Å². The normalized spacial score (nSPS) is 11.8. The molecule has 7 nitrogen and oxygen atoms in total. The minimum absolute atomic E-state index is 0.365. The van der Waals surface area contributed by atoms with E-state index in [0.717, 1.165) is 11.4 Å². The maximum absolute atomic E-state index is 12.0. The average molecular weight is 333 g/mol. The molecular formula is C15H19N5O2S. The lowest BCUT2D eigenvalue weighted by atomic mass is 10.2. The van der Waals surface area contributed by atoms with E-state index >= 15 is 0 Å². The van der Waals surface area contributed by atoms with Crippen LogP contribution in [0.3, 0.4) is 0 Å². The maximum Gasteiger partial charge on any atom is 0.321 e. The van der Waals surface area contributed by atoms with Gasteiger partial charge in [0.2, 0.25) is 5.91 Å². The van der Waals surface area contributed by atoms with E-state index in [0.29, 0.717) is 11.7 Å². The fourth-order valence-corrected chi connectivity index (χ4v) is 2.60. The van der Waals surface area contributed by atoms with E-state index in [4.69, 9.17) is 0 Å². The zero-order chi connectivity index (χ0) is 16.8. The molecular weight excluding hydrogens is 314 g/mol. The van der Waals surface area contributed by atoms with Crippen molar-refractivity contribution in [3.05, 3.63) is 41.7 Å². The van der Waals surface area contributed by atoms with Crippen molar-refractivity contribution >= 4 is 23.7 Å². The number of nitrogens with zero attached hydrogens (tertiary/aromatic N) is 3. The first-order chi connectivity index (χ1) is 11.0. The Morgan fingerprint density at radius 3 is 2.57 bits per heavy atom. The van der Waals surface area contributed by atoms with E-state index in [-0.39, 0.29) is 5.91 Å². The number of aryl methyl sites for hydroxylation is 1. The molecule has 2 rings (SSSR count). The van der Waals surface area contributed by atoms with Crippen LogP contribution in [0.25, 0.3) is 0 Å². The van der Waals surface area contributed by atoms with Gasteiger partial charge in [-0.25, -0.2) is 4.79 Å². The molecule has 0 aliphatic heterocycles. The van der Waals surface area contributed by atoms with Gasteiger partial charge in [0.1, 0.15) is 5.82 Å². The van der Waals surface area contributed by atoms with Gasteiger partial charge < -0.3 is 9.88 Å². The van der Waals surface area contributed by atoms with Crippen molar-refractivity contribution < 1.29 is 9.59 Å². The lowest BCUT2D eigenvalue weighted by molar-refractivity contribution is -0.119. The van der Waals surface area contributed by atoms with Gasteiger partial charge in [-0.15, -0.1) is 10.2 Å². The molecule has 8 heteroatoms. The van der Waals surface area contributed by atoms with E-state index in [1.54, 1.807) is 11.5 Å². The van der Waals surface area contributed by atoms with Gasteiger partial charge in [0, 0.05) is 13.6 Å². The third-order valence-corrected chi connectivity index (χ3v) is 4.37. The molecule has 0 saturated carbocycles. The fourth-order valence-electron chi connectivity index (χ4n) is 1.74. The number of hydrogen-bond acceptors (Lipinski definition) is 5. The maximum atomic E-state index is 12.0. The first-order valence-electron chi connectivity index (χ1n) is 7.12. The number of imide groups is 1. The fraction of sp³-hybridized carbons (Fsp3) is 0.333. The monoisotopic (exact) mass is 333 g/mol. The Morgan fingerprint density at radius 1 is 1.26 bits per heavy atom. The molecule has 3 amide bonds. The van der Waals surface area contributed by atoms with Gasteiger partial charge in [-0.3, -0.25) is 10.1 Å². The number of rotatable bonds is 5. The summed E-state index contributed by atoms with van der Waals surface area (Å²) in [6.07, 6.45) is 0. The molecule has 0 aliphatic carbocycles. The first kappa shape index (κ1) is 17.0. The second kappa shape index (κ2) is 7.77. The summed E-state index contributed by atoms with van der Waals surface area (Å²) in [6.45, 7) is 3.91. The quantitative estimate of drug-likeness (QED) is 0.812. The summed E-state index contributed by atoms with van der Waals surface area (Å²) in [7, 11) is 1.83. The lowest BCUT2D eigenvalue weighted by Gasteiger charge is -2.11. The number of thioether (sulfide) groups is 1. The highest BCUT2D eigenvalue weighted by Gasteiger charge is 2.19. The molecule has 0 fully saturated rings. The number of urea groups is 1. The van der Waals surface area contributed by atoms with Crippen molar-refractivity contribution in [1.29, 1.82) is 0 Å². The first-order valence-corrected chi connectivity index (χ1v) is 8.00. The molecule has 1 atom stereocenters. The molecule has 0 aliphatic rings. The smallest absolute Gasteiger partial charge is 0.321 e. The van der Waals surface area contributed by atoms with Crippen LogP contribution in [0.5, 0.6) is 0 Å². The molecule has 23 heavy (non-hydrogen) atoms. The van der Waals surface area contributed by atoms with Crippen LogP contribution in [-0.2, 0) is 18.4 Å². The summed E-state index contributed by atoms with van der Waals surface area (Å²) in [6, 6.07) is 8.97. The number of nitrogens with one attached hydrogen (secondary N) is 2. The molecule has 122 valence electrons. The average Bonchev–Trinajstić information content (AvgIpc) is 2.86. The Labute approximate surface area is 138 Å². The number of amides is 3. The summed E-state index contributed by atoms with van der Waals surface area (Å²) >= 11 is 1.25. The predicted molar refractivity (Wildman–Crippen MR) is 87.9 cm³/mol. The third kappa shape index (κ3) is 4.82. The number of carbonyl (C=O) groups is 2. The molecule has 1 aromatic carbocycles. The van der Waals surface area contributed by atoms with E-state index in [2.05, 4.69) is 20.8 Å². The summed E-state index contributed by atoms with van der Waals surface area (Å²) in [5, 5.41) is 13.1. The van der Waals surface area contributed by atoms with Gasteiger partial charge in [0.25, 0.3) is 0 Å². The van der Waals surface area contributed by atoms with Crippen LogP contribution >= 0.6 is 11.8 Å². The van der Waals surface area contributed by atoms with E-state index in [1.807, 2.05) is 44.3 Å². The number of carbonyl (C=O) groups excluding carboxylic acids is 2. The summed E-state index contributed by atoms with van der Waals surface area (Å²) in [5.74, 6) is 0.391. The number of benzene rings is 1. The van der Waals surface area contributed by atoms with Crippen molar-refractivity contribution in [2.45, 2.75) is 30.8 Å². The van der Waals surface area contributed by atoms with Gasteiger partial charge in [-0.05, 0) is 19.4 Å². The predicted octanol–water partition coefficient (Wildman–Crippen LogP) is 1.63. The standard InChI is InChI=1S/C15H19N5O2S/c1-10(23-15-19-18-11(2)20(15)3)13(21)17-14(22)16-9-12-7-5-4-6-8-12/h4-8,10H,9H2,1-3H3,(H2,16,17,21,22)/t10-/m1/s1. The van der Waals surface area contributed by atoms with E-state index in [1.165, 1.54) is 11.8 Å². The van der Waals surface area contributed by atoms with Crippen LogP contribution < -0.4 is 10.6 Å². The van der Waals surface area contributed by atoms with E-state index < -0.39 is 11.3 Å². The van der Waals surface area contributed by atoms with Gasteiger partial charge >= 0.3 is 6.03 Å². The van der Waals surface area contributed by atoms with Gasteiger partial charge in [-0.2, -0.15) is 0 Å². The minimum atomic E-state index is -0.513. The zero-order valence-electron chi connectivity index (χ0n) is 13.2. The van der Waals surface area contributed by atoms with Crippen LogP contribution in [-0.4, -0.2) is 32.0 Å². The highest BCUT2D eigenvalue weighted by Crippen LogP contribution is 2.21. The highest BCUT2D eigenvalue weighted by molar-refractivity contribution is 8.00. The Bertz CT molecular complexity index is 686. The minimum Gasteiger partial charge on any atom is -0.334 e. The summed E-state index contributed by atoms with van der Waals surface area (Å²) < 4.78 is 1.80. The van der Waals surface area contributed by atoms with Gasteiger partial charge in [-0.1, -0.05) is 42.1 Å². The molecule has 0 spiro atoms. The largest absolute Gasteiger partial charge is 0.334 e. The summed E-state index contributed by atoms with van der Waals surface area (Å²) in [4.78, 5) is 23.8. The van der Waals surface area contributed by atoms with Crippen molar-refractivity contribution in [2.75, 3.05) is 0 Å². The zero-order valence-corrected chi connectivity index (χ0v) is 14.1. The van der Waals surface area contributed by atoms with Crippen LogP contribution in [0.1, 0.15) is 18.3 Å². The molecule has 0 saturated heterocycles. The van der Waals surface area contributed by atoms with Gasteiger partial charge in [0.15, 0.2) is 5.16 Å². The number of aromatic nitrogens is 3. The van der Waals surface area contributed by atoms with Crippen LogP contribution in [0, 0.1) is 6.92 Å². The topological polar surface area (TPSA) is 88.9 Å². The Balaban J connectivity index is 1.81. The molecule has 0 radical (unpaired) electrons. The van der Waals surface area contributed by atoms with E-state index in [9.17, 15) is 9.59 Å². The van der Waals surface area contributed by atoms with Crippen LogP contribution in [0.2, 0.25) is 0 Å². The second-order valence-electron chi connectivity index (χ2n) is 5.01. The van der Waals surface area contributed by atoms with Crippen molar-refractivity contribution in [3.63, 3.8) is 0 Å². The SMILES string of the molecule is Cc1nnc(S[C@H](C)C(=O)NC(=O)NCc2ccccc2)n1C. The molecule has 1 heterocycles. The number of hydrogen-bond donors (Lipinski definition) is 2. The second-order valence-corrected chi connectivity index (χ2v) is 6.31. The third-order valence-electron chi connectivity index (χ3n) is 3.24. The molecule has 2 N–H and O–H groups in total. The summed E-state index contributed by atoms with van der Waals surface area (Å²) in [5.41, 5.74) is 0.965. The molecule has 1 aromatic heterocycles. The Kier molecular flexibility index (Phi) is 5.75. The molecule has 2 aromatic rings. The van der Waals surface area contributed by atoms with Crippen molar-refractivity contribution in [1.82, 2.24) is 25.4 Å². The lowest BCUT2D eigenvalue weighted by Crippen LogP contribution is -2.42. The Hall–Kier alpha value is -2.35.